The van der Waals surface area contributed by atoms with Crippen molar-refractivity contribution in [1.82, 2.24) is 5.32 Å². The number of carbonyl (C=O) groups excluding carboxylic acids is 2. The Kier molecular flexibility index (Phi) is 5.91. The summed E-state index contributed by atoms with van der Waals surface area (Å²) in [5.41, 5.74) is 0.636. The van der Waals surface area contributed by atoms with E-state index in [1.807, 2.05) is 12.1 Å². The average molecular weight is 358 g/mol. The van der Waals surface area contributed by atoms with E-state index in [0.717, 1.165) is 23.7 Å². The summed E-state index contributed by atoms with van der Waals surface area (Å²) in [6.07, 6.45) is 1.29. The highest BCUT2D eigenvalue weighted by atomic mass is 35.5. The van der Waals surface area contributed by atoms with Crippen molar-refractivity contribution in [3.8, 4) is 0 Å². The van der Waals surface area contributed by atoms with Gasteiger partial charge in [0.1, 0.15) is 5.60 Å². The number of carbonyl (C=O) groups is 2. The van der Waals surface area contributed by atoms with E-state index in [4.69, 9.17) is 4.74 Å². The Hall–Kier alpha value is -1.28. The maximum Gasteiger partial charge on any atom is 0.256 e. The van der Waals surface area contributed by atoms with Crippen molar-refractivity contribution < 1.29 is 14.3 Å². The summed E-state index contributed by atoms with van der Waals surface area (Å²) >= 11 is 1.50. The number of amides is 2. The molecule has 0 unspecified atom stereocenters. The monoisotopic (exact) mass is 357 g/mol. The first-order valence-electron chi connectivity index (χ1n) is 7.27. The number of anilines is 2. The Morgan fingerprint density at radius 3 is 2.78 bits per heavy atom. The summed E-state index contributed by atoms with van der Waals surface area (Å²) < 4.78 is 5.52. The van der Waals surface area contributed by atoms with Gasteiger partial charge in [-0.2, -0.15) is 0 Å². The maximum absolute atomic E-state index is 12.6. The number of halogens is 1. The van der Waals surface area contributed by atoms with E-state index in [-0.39, 0.29) is 24.2 Å². The molecular weight excluding hydrogens is 338 g/mol. The zero-order chi connectivity index (χ0) is 15.6. The van der Waals surface area contributed by atoms with Crippen molar-refractivity contribution >= 4 is 47.4 Å². The molecular formula is C15H20ClN3O3S. The Morgan fingerprint density at radius 1 is 1.35 bits per heavy atom. The summed E-state index contributed by atoms with van der Waals surface area (Å²) in [5.74, 6) is 0.275. The molecule has 3 N–H and O–H groups in total. The third-order valence-electron chi connectivity index (χ3n) is 4.09. The molecule has 2 aliphatic heterocycles. The number of fused-ring (bicyclic) bond motifs is 1. The third-order valence-corrected chi connectivity index (χ3v) is 5.16. The average Bonchev–Trinajstić information content (AvgIpc) is 2.55. The highest BCUT2D eigenvalue weighted by molar-refractivity contribution is 8.00. The summed E-state index contributed by atoms with van der Waals surface area (Å²) in [6.45, 7) is 1.52. The van der Waals surface area contributed by atoms with Crippen LogP contribution in [0.2, 0.25) is 0 Å². The number of ether oxygens (including phenoxy) is 1. The predicted molar refractivity (Wildman–Crippen MR) is 93.5 cm³/mol. The molecule has 0 aliphatic carbocycles. The molecule has 3 rings (SSSR count). The largest absolute Gasteiger partial charge is 0.368 e. The van der Waals surface area contributed by atoms with Crippen LogP contribution in [0.4, 0.5) is 11.4 Å². The molecule has 2 aliphatic rings. The normalized spacial score (nSPS) is 19.1. The summed E-state index contributed by atoms with van der Waals surface area (Å²) in [6, 6.07) is 5.56. The number of benzene rings is 1. The van der Waals surface area contributed by atoms with E-state index in [9.17, 15) is 9.59 Å². The Bertz CT molecular complexity index is 606. The second-order valence-electron chi connectivity index (χ2n) is 5.45. The minimum absolute atomic E-state index is 0. The molecule has 2 amide bonds. The van der Waals surface area contributed by atoms with Crippen LogP contribution in [0, 0.1) is 0 Å². The van der Waals surface area contributed by atoms with Gasteiger partial charge in [-0.15, -0.1) is 24.2 Å². The van der Waals surface area contributed by atoms with Gasteiger partial charge < -0.3 is 20.7 Å². The molecule has 23 heavy (non-hydrogen) atoms. The van der Waals surface area contributed by atoms with Crippen molar-refractivity contribution in [2.24, 2.45) is 0 Å². The van der Waals surface area contributed by atoms with Gasteiger partial charge in [-0.3, -0.25) is 9.59 Å². The van der Waals surface area contributed by atoms with Gasteiger partial charge in [0.2, 0.25) is 5.91 Å². The van der Waals surface area contributed by atoms with Crippen LogP contribution in [0.25, 0.3) is 0 Å². The van der Waals surface area contributed by atoms with Crippen molar-refractivity contribution in [2.75, 3.05) is 36.6 Å². The molecule has 1 saturated heterocycles. The fourth-order valence-electron chi connectivity index (χ4n) is 2.76. The highest BCUT2D eigenvalue weighted by Crippen LogP contribution is 2.34. The van der Waals surface area contributed by atoms with E-state index in [1.54, 1.807) is 13.2 Å². The first-order valence-corrected chi connectivity index (χ1v) is 8.25. The van der Waals surface area contributed by atoms with Gasteiger partial charge in [-0.05, 0) is 44.1 Å². The molecule has 0 radical (unpaired) electrons. The number of hydrogen-bond acceptors (Lipinski definition) is 5. The number of hydrogen-bond donors (Lipinski definition) is 3. The van der Waals surface area contributed by atoms with Gasteiger partial charge in [-0.25, -0.2) is 0 Å². The lowest BCUT2D eigenvalue weighted by molar-refractivity contribution is -0.140. The first-order chi connectivity index (χ1) is 10.6. The summed E-state index contributed by atoms with van der Waals surface area (Å²) in [7, 11) is 1.58. The maximum atomic E-state index is 12.6. The molecule has 6 nitrogen and oxygen atoms in total. The van der Waals surface area contributed by atoms with Crippen LogP contribution in [0.15, 0.2) is 23.1 Å². The number of piperidine rings is 1. The Balaban J connectivity index is 0.00000192. The van der Waals surface area contributed by atoms with Crippen LogP contribution in [0.5, 0.6) is 0 Å². The molecule has 0 saturated carbocycles. The number of methoxy groups -OCH3 is 1. The van der Waals surface area contributed by atoms with Crippen molar-refractivity contribution in [2.45, 2.75) is 23.3 Å². The van der Waals surface area contributed by atoms with Crippen molar-refractivity contribution in [3.05, 3.63) is 18.2 Å². The van der Waals surface area contributed by atoms with Crippen LogP contribution in [0.3, 0.4) is 0 Å². The zero-order valence-corrected chi connectivity index (χ0v) is 14.4. The van der Waals surface area contributed by atoms with Gasteiger partial charge in [0.25, 0.3) is 5.91 Å². The van der Waals surface area contributed by atoms with E-state index in [1.165, 1.54) is 11.8 Å². The predicted octanol–water partition coefficient (Wildman–Crippen LogP) is 1.86. The molecule has 1 fully saturated rings. The number of nitrogens with one attached hydrogen (secondary N) is 3. The highest BCUT2D eigenvalue weighted by Gasteiger charge is 2.39. The van der Waals surface area contributed by atoms with Gasteiger partial charge in [0, 0.05) is 17.7 Å². The van der Waals surface area contributed by atoms with Crippen LogP contribution in [-0.4, -0.2) is 43.4 Å². The van der Waals surface area contributed by atoms with Gasteiger partial charge in [-0.1, -0.05) is 0 Å². The number of rotatable bonds is 3. The van der Waals surface area contributed by atoms with Gasteiger partial charge >= 0.3 is 0 Å². The minimum atomic E-state index is -0.779. The Labute approximate surface area is 145 Å². The van der Waals surface area contributed by atoms with E-state index >= 15 is 0 Å². The second kappa shape index (κ2) is 7.53. The molecule has 2 heterocycles. The quantitative estimate of drug-likeness (QED) is 0.769. The summed E-state index contributed by atoms with van der Waals surface area (Å²) in [5, 5.41) is 8.97. The minimum Gasteiger partial charge on any atom is -0.368 e. The lowest BCUT2D eigenvalue weighted by Gasteiger charge is -2.34. The van der Waals surface area contributed by atoms with Gasteiger partial charge in [0.05, 0.1) is 11.4 Å². The molecule has 8 heteroatoms. The van der Waals surface area contributed by atoms with Gasteiger partial charge in [0.15, 0.2) is 0 Å². The van der Waals surface area contributed by atoms with Crippen LogP contribution < -0.4 is 16.0 Å². The standard InChI is InChI=1S/C15H19N3O3S.ClH/c1-21-15(4-6-16-7-5-15)14(20)17-10-2-3-12-11(8-10)18-13(19)9-22-12;/h2-3,8,16H,4-7,9H2,1H3,(H,17,20)(H,18,19);1H. The van der Waals surface area contributed by atoms with E-state index in [2.05, 4.69) is 16.0 Å². The molecule has 0 spiro atoms. The van der Waals surface area contributed by atoms with E-state index < -0.39 is 5.60 Å². The van der Waals surface area contributed by atoms with Crippen LogP contribution in [-0.2, 0) is 14.3 Å². The third kappa shape index (κ3) is 3.80. The van der Waals surface area contributed by atoms with Crippen LogP contribution in [0.1, 0.15) is 12.8 Å². The smallest absolute Gasteiger partial charge is 0.256 e. The lowest BCUT2D eigenvalue weighted by Crippen LogP contribution is -2.51. The van der Waals surface area contributed by atoms with E-state index in [0.29, 0.717) is 24.3 Å². The SMILES string of the molecule is COC1(C(=O)Nc2ccc3c(c2)NC(=O)CS3)CCNCC1.Cl. The molecule has 0 atom stereocenters. The summed E-state index contributed by atoms with van der Waals surface area (Å²) in [4.78, 5) is 25.1. The first kappa shape index (κ1) is 18.1. The second-order valence-corrected chi connectivity index (χ2v) is 6.47. The topological polar surface area (TPSA) is 79.5 Å². The van der Waals surface area contributed by atoms with Crippen molar-refractivity contribution in [3.63, 3.8) is 0 Å². The van der Waals surface area contributed by atoms with Crippen LogP contribution >= 0.6 is 24.2 Å². The lowest BCUT2D eigenvalue weighted by atomic mass is 9.91. The molecule has 126 valence electrons. The molecule has 1 aromatic carbocycles. The Morgan fingerprint density at radius 2 is 2.09 bits per heavy atom. The molecule has 1 aromatic rings. The van der Waals surface area contributed by atoms with Crippen molar-refractivity contribution in [1.29, 1.82) is 0 Å². The zero-order valence-electron chi connectivity index (χ0n) is 12.8. The molecule has 0 aromatic heterocycles. The number of thioether (sulfide) groups is 1. The fourth-order valence-corrected chi connectivity index (χ4v) is 3.55. The fraction of sp³-hybridized carbons (Fsp3) is 0.467. The molecule has 0 bridgehead atoms.